The topological polar surface area (TPSA) is 79.5 Å². The SMILES string of the molecule is CC(C)(C)OC(=O)NCC(CNC(=O)CSc1ccccc1)NCc1ccc2ccccc2c1. The number of carbonyl (C=O) groups excluding carboxylic acids is 2. The van der Waals surface area contributed by atoms with E-state index in [9.17, 15) is 9.59 Å². The van der Waals surface area contributed by atoms with Gasteiger partial charge in [0.1, 0.15) is 5.60 Å². The third kappa shape index (κ3) is 9.08. The van der Waals surface area contributed by atoms with Crippen LogP contribution in [0.15, 0.2) is 77.7 Å². The minimum Gasteiger partial charge on any atom is -0.444 e. The van der Waals surface area contributed by atoms with E-state index < -0.39 is 11.7 Å². The molecule has 1 unspecified atom stereocenters. The largest absolute Gasteiger partial charge is 0.444 e. The van der Waals surface area contributed by atoms with Gasteiger partial charge in [0.05, 0.1) is 5.75 Å². The summed E-state index contributed by atoms with van der Waals surface area (Å²) in [6.07, 6.45) is -0.476. The van der Waals surface area contributed by atoms with E-state index in [2.05, 4.69) is 46.3 Å². The normalized spacial score (nSPS) is 12.2. The lowest BCUT2D eigenvalue weighted by atomic mass is 10.1. The van der Waals surface area contributed by atoms with Crippen molar-refractivity contribution < 1.29 is 14.3 Å². The molecule has 0 bridgehead atoms. The first-order chi connectivity index (χ1) is 16.3. The molecule has 3 N–H and O–H groups in total. The van der Waals surface area contributed by atoms with Crippen LogP contribution in [0.1, 0.15) is 26.3 Å². The van der Waals surface area contributed by atoms with Crippen molar-refractivity contribution in [3.05, 3.63) is 78.4 Å². The van der Waals surface area contributed by atoms with Crippen molar-refractivity contribution in [2.45, 2.75) is 43.9 Å². The quantitative estimate of drug-likeness (QED) is 0.366. The van der Waals surface area contributed by atoms with Crippen LogP contribution < -0.4 is 16.0 Å². The summed E-state index contributed by atoms with van der Waals surface area (Å²) in [6, 6.07) is 24.2. The zero-order chi connectivity index (χ0) is 24.4. The second-order valence-corrected chi connectivity index (χ2v) is 10.1. The molecule has 1 atom stereocenters. The van der Waals surface area contributed by atoms with Gasteiger partial charge in [0.25, 0.3) is 0 Å². The fourth-order valence-electron chi connectivity index (χ4n) is 3.30. The van der Waals surface area contributed by atoms with Crippen LogP contribution in [0.25, 0.3) is 10.8 Å². The Kier molecular flexibility index (Phi) is 9.36. The van der Waals surface area contributed by atoms with Gasteiger partial charge in [0.15, 0.2) is 0 Å². The molecule has 0 saturated carbocycles. The van der Waals surface area contributed by atoms with Crippen molar-refractivity contribution in [1.29, 1.82) is 0 Å². The van der Waals surface area contributed by atoms with Crippen molar-refractivity contribution in [1.82, 2.24) is 16.0 Å². The molecule has 7 heteroatoms. The van der Waals surface area contributed by atoms with E-state index in [-0.39, 0.29) is 11.9 Å². The smallest absolute Gasteiger partial charge is 0.407 e. The average Bonchev–Trinajstić information content (AvgIpc) is 2.81. The molecule has 0 radical (unpaired) electrons. The zero-order valence-electron chi connectivity index (χ0n) is 20.0. The van der Waals surface area contributed by atoms with Crippen LogP contribution in [-0.2, 0) is 16.1 Å². The van der Waals surface area contributed by atoms with Crippen molar-refractivity contribution in [2.24, 2.45) is 0 Å². The number of amides is 2. The fraction of sp³-hybridized carbons (Fsp3) is 0.333. The van der Waals surface area contributed by atoms with Crippen LogP contribution in [0.5, 0.6) is 0 Å². The number of hydrogen-bond acceptors (Lipinski definition) is 5. The van der Waals surface area contributed by atoms with Gasteiger partial charge in [-0.15, -0.1) is 11.8 Å². The Labute approximate surface area is 205 Å². The molecule has 0 aliphatic rings. The summed E-state index contributed by atoms with van der Waals surface area (Å²) in [4.78, 5) is 25.6. The van der Waals surface area contributed by atoms with Crippen LogP contribution in [-0.4, -0.2) is 42.5 Å². The fourth-order valence-corrected chi connectivity index (χ4v) is 4.05. The molecule has 0 aliphatic carbocycles. The predicted octanol–water partition coefficient (Wildman–Crippen LogP) is 4.73. The molecule has 3 rings (SSSR count). The first kappa shape index (κ1) is 25.6. The highest BCUT2D eigenvalue weighted by Gasteiger charge is 2.18. The molecule has 0 aromatic heterocycles. The highest BCUT2D eigenvalue weighted by molar-refractivity contribution is 8.00. The summed E-state index contributed by atoms with van der Waals surface area (Å²) in [5.41, 5.74) is 0.563. The van der Waals surface area contributed by atoms with Crippen LogP contribution in [0.2, 0.25) is 0 Å². The molecule has 0 heterocycles. The Hall–Kier alpha value is -3.03. The Bertz CT molecular complexity index is 1080. The Morgan fingerprint density at radius 1 is 0.882 bits per heavy atom. The monoisotopic (exact) mass is 479 g/mol. The summed E-state index contributed by atoms with van der Waals surface area (Å²) in [6.45, 7) is 6.80. The number of thioether (sulfide) groups is 1. The Morgan fingerprint density at radius 3 is 2.29 bits per heavy atom. The molecule has 0 spiro atoms. The minimum absolute atomic E-state index is 0.0522. The lowest BCUT2D eigenvalue weighted by Gasteiger charge is -2.23. The lowest BCUT2D eigenvalue weighted by molar-refractivity contribution is -0.118. The number of carbonyl (C=O) groups is 2. The van der Waals surface area contributed by atoms with E-state index >= 15 is 0 Å². The number of nitrogens with one attached hydrogen (secondary N) is 3. The summed E-state index contributed by atoms with van der Waals surface area (Å²) in [7, 11) is 0. The molecule has 0 fully saturated rings. The molecular formula is C27H33N3O3S. The van der Waals surface area contributed by atoms with Gasteiger partial charge in [0, 0.05) is 30.6 Å². The van der Waals surface area contributed by atoms with Gasteiger partial charge in [-0.1, -0.05) is 54.6 Å². The van der Waals surface area contributed by atoms with E-state index in [4.69, 9.17) is 4.74 Å². The molecule has 3 aromatic rings. The first-order valence-corrected chi connectivity index (χ1v) is 12.4. The Morgan fingerprint density at radius 2 is 1.56 bits per heavy atom. The second kappa shape index (κ2) is 12.4. The van der Waals surface area contributed by atoms with Crippen LogP contribution >= 0.6 is 11.8 Å². The van der Waals surface area contributed by atoms with Gasteiger partial charge in [-0.25, -0.2) is 4.79 Å². The molecule has 180 valence electrons. The van der Waals surface area contributed by atoms with E-state index in [1.165, 1.54) is 22.5 Å². The highest BCUT2D eigenvalue weighted by atomic mass is 32.2. The summed E-state index contributed by atoms with van der Waals surface area (Å²) < 4.78 is 5.34. The van der Waals surface area contributed by atoms with E-state index in [0.717, 1.165) is 10.5 Å². The summed E-state index contributed by atoms with van der Waals surface area (Å²) in [5, 5.41) is 11.6. The minimum atomic E-state index is -0.568. The lowest BCUT2D eigenvalue weighted by Crippen LogP contribution is -2.48. The van der Waals surface area contributed by atoms with Crippen LogP contribution in [0, 0.1) is 0 Å². The maximum atomic E-state index is 12.4. The first-order valence-electron chi connectivity index (χ1n) is 11.4. The van der Waals surface area contributed by atoms with Gasteiger partial charge in [-0.3, -0.25) is 4.79 Å². The third-order valence-corrected chi connectivity index (χ3v) is 5.97. The predicted molar refractivity (Wildman–Crippen MR) is 139 cm³/mol. The zero-order valence-corrected chi connectivity index (χ0v) is 20.8. The average molecular weight is 480 g/mol. The third-order valence-electron chi connectivity index (χ3n) is 4.96. The standard InChI is InChI=1S/C27H33N3O3S/c1-27(2,3)33-26(32)30-18-23(17-29-25(31)19-34-24-11-5-4-6-12-24)28-16-20-13-14-21-9-7-8-10-22(21)15-20/h4-15,23,28H,16-19H2,1-3H3,(H,29,31)(H,30,32). The molecule has 0 saturated heterocycles. The van der Waals surface area contributed by atoms with Gasteiger partial charge < -0.3 is 20.7 Å². The number of benzene rings is 3. The summed E-state index contributed by atoms with van der Waals surface area (Å²) in [5.74, 6) is 0.282. The van der Waals surface area contributed by atoms with Crippen molar-refractivity contribution >= 4 is 34.5 Å². The number of hydrogen-bond donors (Lipinski definition) is 3. The van der Waals surface area contributed by atoms with Gasteiger partial charge in [0.2, 0.25) is 5.91 Å². The maximum Gasteiger partial charge on any atom is 0.407 e. The molecule has 3 aromatic carbocycles. The molecule has 2 amide bonds. The highest BCUT2D eigenvalue weighted by Crippen LogP contribution is 2.17. The van der Waals surface area contributed by atoms with E-state index in [0.29, 0.717) is 25.4 Å². The number of ether oxygens (including phenoxy) is 1. The van der Waals surface area contributed by atoms with Gasteiger partial charge in [-0.05, 0) is 55.3 Å². The molecule has 0 aliphatic heterocycles. The maximum absolute atomic E-state index is 12.4. The van der Waals surface area contributed by atoms with E-state index in [1.54, 1.807) is 0 Å². The Balaban J connectivity index is 1.55. The number of alkyl carbamates (subject to hydrolysis) is 1. The van der Waals surface area contributed by atoms with Crippen molar-refractivity contribution in [3.63, 3.8) is 0 Å². The van der Waals surface area contributed by atoms with E-state index in [1.807, 2.05) is 63.2 Å². The second-order valence-electron chi connectivity index (χ2n) is 9.05. The molecule has 6 nitrogen and oxygen atoms in total. The number of fused-ring (bicyclic) bond motifs is 1. The van der Waals surface area contributed by atoms with Crippen molar-refractivity contribution in [2.75, 3.05) is 18.8 Å². The molecule has 34 heavy (non-hydrogen) atoms. The summed E-state index contributed by atoms with van der Waals surface area (Å²) >= 11 is 1.49. The van der Waals surface area contributed by atoms with Gasteiger partial charge in [-0.2, -0.15) is 0 Å². The van der Waals surface area contributed by atoms with Gasteiger partial charge >= 0.3 is 6.09 Å². The number of rotatable bonds is 10. The van der Waals surface area contributed by atoms with Crippen molar-refractivity contribution in [3.8, 4) is 0 Å². The van der Waals surface area contributed by atoms with Crippen LogP contribution in [0.3, 0.4) is 0 Å². The molecular weight excluding hydrogens is 446 g/mol. The van der Waals surface area contributed by atoms with Crippen LogP contribution in [0.4, 0.5) is 4.79 Å².